The van der Waals surface area contributed by atoms with Gasteiger partial charge >= 0.3 is 0 Å². The molecule has 1 heterocycles. The average molecular weight is 272 g/mol. The monoisotopic (exact) mass is 272 g/mol. The van der Waals surface area contributed by atoms with Crippen LogP contribution in [0.1, 0.15) is 38.7 Å². The van der Waals surface area contributed by atoms with Crippen molar-refractivity contribution < 1.29 is 0 Å². The Bertz CT molecular complexity index is 415. The molecule has 1 aliphatic heterocycles. The van der Waals surface area contributed by atoms with Crippen molar-refractivity contribution in [3.8, 4) is 0 Å². The number of benzene rings is 1. The Labute approximate surface area is 123 Å². The van der Waals surface area contributed by atoms with E-state index in [0.29, 0.717) is 6.04 Å². The summed E-state index contributed by atoms with van der Waals surface area (Å²) in [6.45, 7) is 8.23. The predicted molar refractivity (Wildman–Crippen MR) is 84.6 cm³/mol. The lowest BCUT2D eigenvalue weighted by atomic mass is 9.92. The van der Waals surface area contributed by atoms with E-state index in [9.17, 15) is 0 Å². The summed E-state index contributed by atoms with van der Waals surface area (Å²) in [6.07, 6.45) is 4.22. The molecule has 1 saturated heterocycles. The Hall–Kier alpha value is -0.860. The molecule has 0 amide bonds. The first-order valence-corrected chi connectivity index (χ1v) is 8.24. The molecular weight excluding hydrogens is 244 g/mol. The molecule has 0 bridgehead atoms. The molecule has 1 aliphatic carbocycles. The van der Waals surface area contributed by atoms with E-state index in [0.717, 1.165) is 24.4 Å². The first-order valence-electron chi connectivity index (χ1n) is 8.24. The fourth-order valence-electron chi connectivity index (χ4n) is 3.78. The van der Waals surface area contributed by atoms with Gasteiger partial charge in [0, 0.05) is 25.2 Å². The maximum absolute atomic E-state index is 3.71. The standard InChI is InChI=1S/C18H28N2/c1-14(2)19-18-11-17(18)16-9-6-10-20(13-16)12-15-7-4-3-5-8-15/h3-5,7-8,14,16-19H,6,9-13H2,1-2H3. The van der Waals surface area contributed by atoms with Gasteiger partial charge in [0.25, 0.3) is 0 Å². The van der Waals surface area contributed by atoms with E-state index in [1.54, 1.807) is 0 Å². The summed E-state index contributed by atoms with van der Waals surface area (Å²) in [7, 11) is 0. The predicted octanol–water partition coefficient (Wildman–Crippen LogP) is 3.29. The van der Waals surface area contributed by atoms with Crippen LogP contribution in [0.25, 0.3) is 0 Å². The molecule has 2 fully saturated rings. The highest BCUT2D eigenvalue weighted by atomic mass is 15.1. The number of likely N-dealkylation sites (tertiary alicyclic amines) is 1. The average Bonchev–Trinajstić information content (AvgIpc) is 3.19. The minimum atomic E-state index is 0.633. The Balaban J connectivity index is 1.50. The quantitative estimate of drug-likeness (QED) is 0.885. The topological polar surface area (TPSA) is 15.3 Å². The second-order valence-electron chi connectivity index (χ2n) is 6.95. The van der Waals surface area contributed by atoms with Crippen molar-refractivity contribution >= 4 is 0 Å². The summed E-state index contributed by atoms with van der Waals surface area (Å²) in [5.41, 5.74) is 1.46. The van der Waals surface area contributed by atoms with E-state index < -0.39 is 0 Å². The lowest BCUT2D eigenvalue weighted by Gasteiger charge is -2.33. The van der Waals surface area contributed by atoms with Gasteiger partial charge < -0.3 is 5.32 Å². The van der Waals surface area contributed by atoms with E-state index in [-0.39, 0.29) is 0 Å². The van der Waals surface area contributed by atoms with Crippen molar-refractivity contribution in [3.63, 3.8) is 0 Å². The first-order chi connectivity index (χ1) is 9.72. The maximum Gasteiger partial charge on any atom is 0.0233 e. The minimum absolute atomic E-state index is 0.633. The molecule has 1 N–H and O–H groups in total. The highest BCUT2D eigenvalue weighted by Crippen LogP contribution is 2.41. The third kappa shape index (κ3) is 3.62. The second-order valence-corrected chi connectivity index (χ2v) is 6.95. The second kappa shape index (κ2) is 6.28. The van der Waals surface area contributed by atoms with Crippen molar-refractivity contribution in [1.82, 2.24) is 10.2 Å². The van der Waals surface area contributed by atoms with Gasteiger partial charge in [-0.05, 0) is 43.2 Å². The Kier molecular flexibility index (Phi) is 4.42. The molecule has 3 atom stereocenters. The third-order valence-corrected chi connectivity index (χ3v) is 4.78. The van der Waals surface area contributed by atoms with E-state index in [2.05, 4.69) is 54.4 Å². The van der Waals surface area contributed by atoms with Crippen molar-refractivity contribution in [2.45, 2.75) is 51.7 Å². The van der Waals surface area contributed by atoms with Crippen LogP contribution >= 0.6 is 0 Å². The molecule has 3 unspecified atom stereocenters. The molecule has 0 aromatic heterocycles. The van der Waals surface area contributed by atoms with Crippen molar-refractivity contribution in [2.75, 3.05) is 13.1 Å². The van der Waals surface area contributed by atoms with E-state index in [4.69, 9.17) is 0 Å². The molecule has 3 rings (SSSR count). The van der Waals surface area contributed by atoms with Crippen LogP contribution in [0.4, 0.5) is 0 Å². The molecule has 0 radical (unpaired) electrons. The zero-order valence-electron chi connectivity index (χ0n) is 12.9. The molecule has 110 valence electrons. The van der Waals surface area contributed by atoms with Crippen molar-refractivity contribution in [3.05, 3.63) is 35.9 Å². The zero-order valence-corrected chi connectivity index (χ0v) is 12.9. The molecule has 0 spiro atoms. The lowest BCUT2D eigenvalue weighted by Crippen LogP contribution is -2.37. The third-order valence-electron chi connectivity index (χ3n) is 4.78. The van der Waals surface area contributed by atoms with Crippen LogP contribution < -0.4 is 5.32 Å². The lowest BCUT2D eigenvalue weighted by molar-refractivity contribution is 0.152. The number of rotatable bonds is 5. The number of nitrogens with zero attached hydrogens (tertiary/aromatic N) is 1. The summed E-state index contributed by atoms with van der Waals surface area (Å²) in [6, 6.07) is 12.4. The van der Waals surface area contributed by atoms with Crippen LogP contribution in [0.15, 0.2) is 30.3 Å². The summed E-state index contributed by atoms with van der Waals surface area (Å²) in [5, 5.41) is 3.71. The number of nitrogens with one attached hydrogen (secondary N) is 1. The van der Waals surface area contributed by atoms with E-state index in [1.165, 1.54) is 37.9 Å². The van der Waals surface area contributed by atoms with Gasteiger partial charge in [-0.15, -0.1) is 0 Å². The fourth-order valence-corrected chi connectivity index (χ4v) is 3.78. The number of piperidine rings is 1. The van der Waals surface area contributed by atoms with Crippen LogP contribution in [-0.4, -0.2) is 30.1 Å². The van der Waals surface area contributed by atoms with Gasteiger partial charge in [-0.2, -0.15) is 0 Å². The molecular formula is C18H28N2. The van der Waals surface area contributed by atoms with Crippen molar-refractivity contribution in [2.24, 2.45) is 11.8 Å². The summed E-state index contributed by atoms with van der Waals surface area (Å²) >= 11 is 0. The maximum atomic E-state index is 3.71. The SMILES string of the molecule is CC(C)NC1CC1C1CCCN(Cc2ccccc2)C1. The van der Waals surface area contributed by atoms with Gasteiger partial charge in [0.2, 0.25) is 0 Å². The van der Waals surface area contributed by atoms with Crippen molar-refractivity contribution in [1.29, 1.82) is 0 Å². The Morgan fingerprint density at radius 3 is 2.80 bits per heavy atom. The van der Waals surface area contributed by atoms with Gasteiger partial charge in [-0.1, -0.05) is 44.2 Å². The smallest absolute Gasteiger partial charge is 0.0233 e. The van der Waals surface area contributed by atoms with Crippen LogP contribution in [0.2, 0.25) is 0 Å². The number of hydrogen-bond acceptors (Lipinski definition) is 2. The van der Waals surface area contributed by atoms with Crippen LogP contribution in [0.3, 0.4) is 0 Å². The Morgan fingerprint density at radius 1 is 1.25 bits per heavy atom. The summed E-state index contributed by atoms with van der Waals surface area (Å²) in [5.74, 6) is 1.86. The largest absolute Gasteiger partial charge is 0.311 e. The highest BCUT2D eigenvalue weighted by molar-refractivity contribution is 5.14. The van der Waals surface area contributed by atoms with Crippen LogP contribution in [0.5, 0.6) is 0 Å². The zero-order chi connectivity index (χ0) is 13.9. The molecule has 1 aromatic carbocycles. The fraction of sp³-hybridized carbons (Fsp3) is 0.667. The van der Waals surface area contributed by atoms with Gasteiger partial charge in [-0.25, -0.2) is 0 Å². The van der Waals surface area contributed by atoms with Gasteiger partial charge in [0.05, 0.1) is 0 Å². The van der Waals surface area contributed by atoms with Crippen LogP contribution in [-0.2, 0) is 6.54 Å². The van der Waals surface area contributed by atoms with Crippen LogP contribution in [0, 0.1) is 11.8 Å². The highest BCUT2D eigenvalue weighted by Gasteiger charge is 2.43. The Morgan fingerprint density at radius 2 is 2.05 bits per heavy atom. The molecule has 1 aromatic rings. The summed E-state index contributed by atoms with van der Waals surface area (Å²) < 4.78 is 0. The summed E-state index contributed by atoms with van der Waals surface area (Å²) in [4.78, 5) is 2.66. The molecule has 2 heteroatoms. The normalized spacial score (nSPS) is 30.6. The van der Waals surface area contributed by atoms with Gasteiger partial charge in [0.15, 0.2) is 0 Å². The number of hydrogen-bond donors (Lipinski definition) is 1. The van der Waals surface area contributed by atoms with Gasteiger partial charge in [0.1, 0.15) is 0 Å². The first kappa shape index (κ1) is 14.1. The molecule has 1 saturated carbocycles. The van der Waals surface area contributed by atoms with Gasteiger partial charge in [-0.3, -0.25) is 4.90 Å². The molecule has 20 heavy (non-hydrogen) atoms. The van der Waals surface area contributed by atoms with E-state index >= 15 is 0 Å². The van der Waals surface area contributed by atoms with E-state index in [1.807, 2.05) is 0 Å². The minimum Gasteiger partial charge on any atom is -0.311 e. The molecule has 2 nitrogen and oxygen atoms in total. The molecule has 2 aliphatic rings.